The third kappa shape index (κ3) is 4.40. The van der Waals surface area contributed by atoms with Gasteiger partial charge in [-0.2, -0.15) is 0 Å². The van der Waals surface area contributed by atoms with Crippen LogP contribution in [0.3, 0.4) is 0 Å². The number of nitrogens with one attached hydrogen (secondary N) is 2. The summed E-state index contributed by atoms with van der Waals surface area (Å²) < 4.78 is 18.4. The Morgan fingerprint density at radius 3 is 2.82 bits per heavy atom. The van der Waals surface area contributed by atoms with Crippen LogP contribution in [-0.2, 0) is 11.3 Å². The summed E-state index contributed by atoms with van der Waals surface area (Å²) in [5, 5.41) is 5.52. The van der Waals surface area contributed by atoms with Gasteiger partial charge < -0.3 is 15.4 Å². The van der Waals surface area contributed by atoms with Gasteiger partial charge in [-0.25, -0.2) is 4.39 Å². The summed E-state index contributed by atoms with van der Waals surface area (Å²) in [4.78, 5) is 11.1. The zero-order valence-electron chi connectivity index (χ0n) is 10.0. The highest BCUT2D eigenvalue weighted by atomic mass is 19.1. The zero-order valence-corrected chi connectivity index (χ0v) is 10.0. The summed E-state index contributed by atoms with van der Waals surface area (Å²) in [5.41, 5.74) is 0.509. The van der Waals surface area contributed by atoms with Gasteiger partial charge in [-0.15, -0.1) is 0 Å². The van der Waals surface area contributed by atoms with Crippen molar-refractivity contribution in [3.8, 4) is 5.75 Å². The minimum absolute atomic E-state index is 0.0959. The summed E-state index contributed by atoms with van der Waals surface area (Å²) in [5.74, 6) is 0.0455. The molecular formula is C12H17FN2O2. The number of carbonyl (C=O) groups excluding carboxylic acids is 1. The van der Waals surface area contributed by atoms with E-state index in [1.807, 2.05) is 6.92 Å². The predicted octanol–water partition coefficient (Wildman–Crippen LogP) is 1.06. The first-order valence-electron chi connectivity index (χ1n) is 5.47. The van der Waals surface area contributed by atoms with Gasteiger partial charge in [-0.3, -0.25) is 4.79 Å². The Labute approximate surface area is 100 Å². The SMILES string of the molecule is CCNC(=O)CNCc1ccc(OC)cc1F. The van der Waals surface area contributed by atoms with Crippen LogP contribution in [0.4, 0.5) is 4.39 Å². The largest absolute Gasteiger partial charge is 0.497 e. The van der Waals surface area contributed by atoms with Gasteiger partial charge in [-0.05, 0) is 13.0 Å². The Morgan fingerprint density at radius 2 is 2.24 bits per heavy atom. The molecule has 0 aromatic heterocycles. The number of rotatable bonds is 6. The lowest BCUT2D eigenvalue weighted by Crippen LogP contribution is -2.33. The van der Waals surface area contributed by atoms with Gasteiger partial charge >= 0.3 is 0 Å². The molecule has 2 N–H and O–H groups in total. The summed E-state index contributed by atoms with van der Waals surface area (Å²) >= 11 is 0. The maximum atomic E-state index is 13.5. The molecule has 1 aromatic rings. The van der Waals surface area contributed by atoms with E-state index in [0.717, 1.165) is 0 Å². The summed E-state index contributed by atoms with van der Waals surface area (Å²) in [7, 11) is 1.49. The molecule has 0 saturated heterocycles. The lowest BCUT2D eigenvalue weighted by Gasteiger charge is -2.07. The van der Waals surface area contributed by atoms with Gasteiger partial charge in [0.1, 0.15) is 11.6 Å². The highest BCUT2D eigenvalue weighted by molar-refractivity contribution is 5.77. The van der Waals surface area contributed by atoms with Crippen LogP contribution < -0.4 is 15.4 Å². The molecule has 1 amide bonds. The van der Waals surface area contributed by atoms with Gasteiger partial charge in [0.2, 0.25) is 5.91 Å². The van der Waals surface area contributed by atoms with E-state index < -0.39 is 0 Å². The molecule has 1 aromatic carbocycles. The number of amides is 1. The minimum Gasteiger partial charge on any atom is -0.497 e. The van der Waals surface area contributed by atoms with Crippen molar-refractivity contribution in [3.05, 3.63) is 29.6 Å². The van der Waals surface area contributed by atoms with Crippen LogP contribution in [-0.4, -0.2) is 26.1 Å². The van der Waals surface area contributed by atoms with E-state index in [1.165, 1.54) is 13.2 Å². The lowest BCUT2D eigenvalue weighted by molar-refractivity contribution is -0.120. The molecule has 0 bridgehead atoms. The smallest absolute Gasteiger partial charge is 0.233 e. The Morgan fingerprint density at radius 1 is 1.47 bits per heavy atom. The van der Waals surface area contributed by atoms with E-state index in [1.54, 1.807) is 12.1 Å². The van der Waals surface area contributed by atoms with Crippen molar-refractivity contribution in [1.82, 2.24) is 10.6 Å². The average molecular weight is 240 g/mol. The predicted molar refractivity (Wildman–Crippen MR) is 63.3 cm³/mol. The van der Waals surface area contributed by atoms with Crippen LogP contribution in [0.2, 0.25) is 0 Å². The Hall–Kier alpha value is -1.62. The molecular weight excluding hydrogens is 223 g/mol. The zero-order chi connectivity index (χ0) is 12.7. The lowest BCUT2D eigenvalue weighted by atomic mass is 10.2. The maximum absolute atomic E-state index is 13.5. The number of benzene rings is 1. The first-order chi connectivity index (χ1) is 8.17. The third-order valence-electron chi connectivity index (χ3n) is 2.24. The van der Waals surface area contributed by atoms with Crippen molar-refractivity contribution in [3.63, 3.8) is 0 Å². The fourth-order valence-electron chi connectivity index (χ4n) is 1.37. The second kappa shape index (κ2) is 6.85. The van der Waals surface area contributed by atoms with Crippen LogP contribution in [0.15, 0.2) is 18.2 Å². The van der Waals surface area contributed by atoms with Crippen LogP contribution in [0.25, 0.3) is 0 Å². The van der Waals surface area contributed by atoms with Gasteiger partial charge in [0.05, 0.1) is 13.7 Å². The second-order valence-corrected chi connectivity index (χ2v) is 3.51. The number of hydrogen-bond acceptors (Lipinski definition) is 3. The normalized spacial score (nSPS) is 10.1. The quantitative estimate of drug-likeness (QED) is 0.781. The third-order valence-corrected chi connectivity index (χ3v) is 2.24. The minimum atomic E-state index is -0.340. The van der Waals surface area contributed by atoms with Crippen molar-refractivity contribution in [2.45, 2.75) is 13.5 Å². The van der Waals surface area contributed by atoms with E-state index in [-0.39, 0.29) is 18.3 Å². The molecule has 0 saturated carbocycles. The van der Waals surface area contributed by atoms with Crippen molar-refractivity contribution >= 4 is 5.91 Å². The average Bonchev–Trinajstić information content (AvgIpc) is 2.31. The fourth-order valence-corrected chi connectivity index (χ4v) is 1.37. The highest BCUT2D eigenvalue weighted by Crippen LogP contribution is 2.15. The first-order valence-corrected chi connectivity index (χ1v) is 5.47. The van der Waals surface area contributed by atoms with Crippen LogP contribution in [0.1, 0.15) is 12.5 Å². The monoisotopic (exact) mass is 240 g/mol. The van der Waals surface area contributed by atoms with Crippen molar-refractivity contribution < 1.29 is 13.9 Å². The van der Waals surface area contributed by atoms with Crippen LogP contribution in [0.5, 0.6) is 5.75 Å². The van der Waals surface area contributed by atoms with Crippen molar-refractivity contribution in [1.29, 1.82) is 0 Å². The second-order valence-electron chi connectivity index (χ2n) is 3.51. The summed E-state index contributed by atoms with van der Waals surface area (Å²) in [6.45, 7) is 2.94. The van der Waals surface area contributed by atoms with Crippen LogP contribution in [0, 0.1) is 5.82 Å². The Balaban J connectivity index is 2.44. The number of likely N-dealkylation sites (N-methyl/N-ethyl adjacent to an activating group) is 1. The highest BCUT2D eigenvalue weighted by Gasteiger charge is 2.04. The molecule has 0 aliphatic carbocycles. The van der Waals surface area contributed by atoms with Gasteiger partial charge in [0.15, 0.2) is 0 Å². The van der Waals surface area contributed by atoms with Crippen molar-refractivity contribution in [2.24, 2.45) is 0 Å². The molecule has 17 heavy (non-hydrogen) atoms. The van der Waals surface area contributed by atoms with E-state index >= 15 is 0 Å². The van der Waals surface area contributed by atoms with E-state index in [4.69, 9.17) is 4.74 Å². The topological polar surface area (TPSA) is 50.4 Å². The van der Waals surface area contributed by atoms with E-state index in [0.29, 0.717) is 24.4 Å². The molecule has 0 atom stereocenters. The molecule has 0 aliphatic rings. The molecule has 0 fully saturated rings. The number of ether oxygens (including phenoxy) is 1. The maximum Gasteiger partial charge on any atom is 0.233 e. The van der Waals surface area contributed by atoms with Gasteiger partial charge in [0.25, 0.3) is 0 Å². The first kappa shape index (κ1) is 13.4. The Bertz CT molecular complexity index is 383. The molecule has 0 radical (unpaired) electrons. The van der Waals surface area contributed by atoms with Gasteiger partial charge in [-0.1, -0.05) is 6.07 Å². The van der Waals surface area contributed by atoms with Crippen LogP contribution >= 0.6 is 0 Å². The molecule has 4 nitrogen and oxygen atoms in total. The van der Waals surface area contributed by atoms with Gasteiger partial charge in [0, 0.05) is 24.7 Å². The fraction of sp³-hybridized carbons (Fsp3) is 0.417. The molecule has 1 rings (SSSR count). The number of carbonyl (C=O) groups is 1. The summed E-state index contributed by atoms with van der Waals surface area (Å²) in [6, 6.07) is 4.65. The van der Waals surface area contributed by atoms with Crippen molar-refractivity contribution in [2.75, 3.05) is 20.2 Å². The Kier molecular flexibility index (Phi) is 5.42. The molecule has 5 heteroatoms. The standard InChI is InChI=1S/C12H17FN2O2/c1-3-15-12(16)8-14-7-9-4-5-10(17-2)6-11(9)13/h4-6,14H,3,7-8H2,1-2H3,(H,15,16). The molecule has 0 unspecified atom stereocenters. The number of halogens is 1. The number of methoxy groups -OCH3 is 1. The van der Waals surface area contributed by atoms with E-state index in [9.17, 15) is 9.18 Å². The molecule has 94 valence electrons. The number of hydrogen-bond donors (Lipinski definition) is 2. The molecule has 0 aliphatic heterocycles. The van der Waals surface area contributed by atoms with E-state index in [2.05, 4.69) is 10.6 Å². The summed E-state index contributed by atoms with van der Waals surface area (Å²) in [6.07, 6.45) is 0. The molecule has 0 heterocycles. The molecule has 0 spiro atoms.